The van der Waals surface area contributed by atoms with E-state index in [0.29, 0.717) is 11.3 Å². The van der Waals surface area contributed by atoms with Crippen molar-refractivity contribution >= 4 is 21.4 Å². The van der Waals surface area contributed by atoms with Gasteiger partial charge in [-0.1, -0.05) is 0 Å². The predicted octanol–water partition coefficient (Wildman–Crippen LogP) is 0.186. The van der Waals surface area contributed by atoms with Crippen LogP contribution < -0.4 is 15.8 Å². The van der Waals surface area contributed by atoms with E-state index in [9.17, 15) is 13.5 Å². The van der Waals surface area contributed by atoms with Crippen LogP contribution in [0.3, 0.4) is 0 Å². The molecular formula is C12H19N3O3S. The molecule has 0 spiro atoms. The van der Waals surface area contributed by atoms with E-state index in [1.54, 1.807) is 13.0 Å². The van der Waals surface area contributed by atoms with Crippen LogP contribution in [0.5, 0.6) is 0 Å². The van der Waals surface area contributed by atoms with Crippen molar-refractivity contribution in [3.63, 3.8) is 0 Å². The molecule has 1 aliphatic heterocycles. The summed E-state index contributed by atoms with van der Waals surface area (Å²) in [7, 11) is -3.80. The van der Waals surface area contributed by atoms with Gasteiger partial charge >= 0.3 is 0 Å². The zero-order valence-electron chi connectivity index (χ0n) is 10.8. The molecule has 0 radical (unpaired) electrons. The predicted molar refractivity (Wildman–Crippen MR) is 74.4 cm³/mol. The second-order valence-corrected chi connectivity index (χ2v) is 6.41. The zero-order valence-corrected chi connectivity index (χ0v) is 11.7. The van der Waals surface area contributed by atoms with E-state index in [0.717, 1.165) is 25.1 Å². The number of sulfonamides is 1. The molecule has 0 bridgehead atoms. The Morgan fingerprint density at radius 3 is 2.74 bits per heavy atom. The molecule has 1 fully saturated rings. The molecule has 1 atom stereocenters. The molecule has 1 aliphatic rings. The lowest BCUT2D eigenvalue weighted by atomic mass is 10.1. The van der Waals surface area contributed by atoms with Gasteiger partial charge in [0.2, 0.25) is 10.0 Å². The molecule has 6 nitrogen and oxygen atoms in total. The first-order chi connectivity index (χ1) is 8.84. The Morgan fingerprint density at radius 2 is 2.16 bits per heavy atom. The van der Waals surface area contributed by atoms with Crippen LogP contribution in [0.15, 0.2) is 17.0 Å². The van der Waals surface area contributed by atoms with E-state index in [2.05, 4.69) is 0 Å². The first kappa shape index (κ1) is 14.1. The Balaban J connectivity index is 2.55. The first-order valence-corrected chi connectivity index (χ1v) is 7.69. The van der Waals surface area contributed by atoms with Crippen LogP contribution in [0.1, 0.15) is 18.4 Å². The van der Waals surface area contributed by atoms with Gasteiger partial charge < -0.3 is 15.7 Å². The molecule has 1 saturated heterocycles. The molecule has 1 heterocycles. The maximum absolute atomic E-state index is 11.6. The molecule has 106 valence electrons. The summed E-state index contributed by atoms with van der Waals surface area (Å²) in [6, 6.07) is 3.12. The van der Waals surface area contributed by atoms with Crippen molar-refractivity contribution in [3.8, 4) is 0 Å². The molecule has 19 heavy (non-hydrogen) atoms. The first-order valence-electron chi connectivity index (χ1n) is 6.15. The van der Waals surface area contributed by atoms with Crippen LogP contribution in [0.4, 0.5) is 11.4 Å². The number of rotatable bonds is 3. The van der Waals surface area contributed by atoms with Gasteiger partial charge in [0.25, 0.3) is 0 Å². The summed E-state index contributed by atoms with van der Waals surface area (Å²) >= 11 is 0. The highest BCUT2D eigenvalue weighted by Gasteiger charge is 2.27. The molecule has 7 heteroatoms. The Morgan fingerprint density at radius 1 is 1.47 bits per heavy atom. The number of hydrogen-bond donors (Lipinski definition) is 3. The fourth-order valence-electron chi connectivity index (χ4n) is 2.63. The number of nitrogens with zero attached hydrogens (tertiary/aromatic N) is 1. The van der Waals surface area contributed by atoms with Crippen LogP contribution >= 0.6 is 0 Å². The number of anilines is 2. The fourth-order valence-corrected chi connectivity index (χ4v) is 3.46. The third-order valence-corrected chi connectivity index (χ3v) is 4.60. The third-order valence-electron chi connectivity index (χ3n) is 3.56. The van der Waals surface area contributed by atoms with E-state index in [-0.39, 0.29) is 17.5 Å². The summed E-state index contributed by atoms with van der Waals surface area (Å²) in [5.74, 6) is 0. The highest BCUT2D eigenvalue weighted by molar-refractivity contribution is 7.89. The number of benzene rings is 1. The van der Waals surface area contributed by atoms with Gasteiger partial charge in [0.1, 0.15) is 0 Å². The number of nitrogen functional groups attached to an aromatic ring is 1. The molecule has 0 amide bonds. The van der Waals surface area contributed by atoms with Crippen LogP contribution in [0, 0.1) is 6.92 Å². The van der Waals surface area contributed by atoms with E-state index in [1.807, 2.05) is 4.90 Å². The summed E-state index contributed by atoms with van der Waals surface area (Å²) in [5, 5.41) is 14.6. The summed E-state index contributed by atoms with van der Waals surface area (Å²) in [6.07, 6.45) is 1.85. The Bertz CT molecular complexity index is 586. The van der Waals surface area contributed by atoms with E-state index >= 15 is 0 Å². The minimum atomic E-state index is -3.80. The van der Waals surface area contributed by atoms with E-state index in [4.69, 9.17) is 10.9 Å². The smallest absolute Gasteiger partial charge is 0.238 e. The van der Waals surface area contributed by atoms with Gasteiger partial charge in [-0.15, -0.1) is 0 Å². The van der Waals surface area contributed by atoms with Crippen molar-refractivity contribution in [2.75, 3.05) is 23.8 Å². The van der Waals surface area contributed by atoms with Gasteiger partial charge in [0, 0.05) is 17.9 Å². The molecule has 5 N–H and O–H groups in total. The molecule has 0 aliphatic carbocycles. The van der Waals surface area contributed by atoms with Crippen molar-refractivity contribution in [3.05, 3.63) is 17.7 Å². The Kier molecular flexibility index (Phi) is 3.71. The summed E-state index contributed by atoms with van der Waals surface area (Å²) < 4.78 is 23.2. The lowest BCUT2D eigenvalue weighted by Gasteiger charge is -2.28. The minimum Gasteiger partial charge on any atom is -0.399 e. The molecule has 2 rings (SSSR count). The van der Waals surface area contributed by atoms with Gasteiger partial charge in [-0.2, -0.15) is 0 Å². The quantitative estimate of drug-likeness (QED) is 0.687. The summed E-state index contributed by atoms with van der Waals surface area (Å²) in [6.45, 7) is 2.53. The van der Waals surface area contributed by atoms with Gasteiger partial charge in [-0.05, 0) is 37.5 Å². The topological polar surface area (TPSA) is 110 Å². The molecule has 1 aromatic rings. The normalized spacial score (nSPS) is 19.9. The highest BCUT2D eigenvalue weighted by atomic mass is 32.2. The maximum atomic E-state index is 11.6. The van der Waals surface area contributed by atoms with Gasteiger partial charge in [-0.25, -0.2) is 13.6 Å². The third kappa shape index (κ3) is 2.68. The monoisotopic (exact) mass is 285 g/mol. The van der Waals surface area contributed by atoms with Crippen LogP contribution in [0.25, 0.3) is 0 Å². The molecule has 0 aromatic heterocycles. The number of nitrogens with two attached hydrogens (primary N) is 2. The van der Waals surface area contributed by atoms with Gasteiger partial charge in [-0.3, -0.25) is 0 Å². The van der Waals surface area contributed by atoms with Crippen molar-refractivity contribution in [1.82, 2.24) is 0 Å². The Hall–Kier alpha value is -1.31. The molecule has 0 saturated carbocycles. The fraction of sp³-hybridized carbons (Fsp3) is 0.500. The van der Waals surface area contributed by atoms with Gasteiger partial charge in [0.05, 0.1) is 17.5 Å². The summed E-state index contributed by atoms with van der Waals surface area (Å²) in [4.78, 5) is 2.05. The average Bonchev–Trinajstić information content (AvgIpc) is 2.78. The van der Waals surface area contributed by atoms with Crippen molar-refractivity contribution in [2.45, 2.75) is 30.7 Å². The zero-order chi connectivity index (χ0) is 14.2. The number of aliphatic hydroxyl groups excluding tert-OH is 1. The molecule has 1 aromatic carbocycles. The van der Waals surface area contributed by atoms with Crippen LogP contribution in [-0.4, -0.2) is 32.7 Å². The lowest BCUT2D eigenvalue weighted by molar-refractivity contribution is 0.266. The van der Waals surface area contributed by atoms with Crippen molar-refractivity contribution in [2.24, 2.45) is 5.14 Å². The average molecular weight is 285 g/mol. The van der Waals surface area contributed by atoms with E-state index in [1.165, 1.54) is 6.07 Å². The standard InChI is InChI=1S/C12H19N3O3S/c1-8-11(15-4-2-3-10(15)7-16)5-9(13)6-12(8)19(14,17)18/h5-6,10,16H,2-4,7,13H2,1H3,(H2,14,17,18). The van der Waals surface area contributed by atoms with Crippen molar-refractivity contribution < 1.29 is 13.5 Å². The number of hydrogen-bond acceptors (Lipinski definition) is 5. The second-order valence-electron chi connectivity index (χ2n) is 4.88. The SMILES string of the molecule is Cc1c(N2CCCC2CO)cc(N)cc1S(N)(=O)=O. The second kappa shape index (κ2) is 4.99. The largest absolute Gasteiger partial charge is 0.399 e. The van der Waals surface area contributed by atoms with Crippen molar-refractivity contribution in [1.29, 1.82) is 0 Å². The molecule has 1 unspecified atom stereocenters. The minimum absolute atomic E-state index is 0.00817. The highest BCUT2D eigenvalue weighted by Crippen LogP contribution is 2.33. The number of primary sulfonamides is 1. The van der Waals surface area contributed by atoms with Crippen LogP contribution in [0.2, 0.25) is 0 Å². The van der Waals surface area contributed by atoms with E-state index < -0.39 is 10.0 Å². The Labute approximate surface area is 113 Å². The number of aliphatic hydroxyl groups is 1. The molecular weight excluding hydrogens is 266 g/mol. The van der Waals surface area contributed by atoms with Gasteiger partial charge in [0.15, 0.2) is 0 Å². The summed E-state index contributed by atoms with van der Waals surface area (Å²) in [5.41, 5.74) is 7.44. The lowest BCUT2D eigenvalue weighted by Crippen LogP contribution is -2.33. The maximum Gasteiger partial charge on any atom is 0.238 e. The van der Waals surface area contributed by atoms with Crippen LogP contribution in [-0.2, 0) is 10.0 Å².